The van der Waals surface area contributed by atoms with Gasteiger partial charge in [0.05, 0.1) is 19.3 Å². The maximum absolute atomic E-state index is 12.9. The van der Waals surface area contributed by atoms with Crippen LogP contribution >= 0.6 is 11.3 Å². The average molecular weight is 436 g/mol. The monoisotopic (exact) mass is 436 g/mol. The minimum Gasteiger partial charge on any atom is -0.466 e. The SMILES string of the molecule is CCOC(=O)Cc1cscc1OC(=O)c1cc2ccoc2c(-c2cccc(CN)c2)n1. The van der Waals surface area contributed by atoms with E-state index in [0.29, 0.717) is 35.7 Å². The number of pyridine rings is 1. The quantitative estimate of drug-likeness (QED) is 0.430. The Morgan fingerprint density at radius 3 is 2.87 bits per heavy atom. The number of furan rings is 1. The van der Waals surface area contributed by atoms with Crippen molar-refractivity contribution in [3.63, 3.8) is 0 Å². The second-order valence-corrected chi connectivity index (χ2v) is 7.48. The lowest BCUT2D eigenvalue weighted by Gasteiger charge is -2.08. The van der Waals surface area contributed by atoms with E-state index in [2.05, 4.69) is 4.98 Å². The number of carbonyl (C=O) groups is 2. The summed E-state index contributed by atoms with van der Waals surface area (Å²) >= 11 is 1.34. The summed E-state index contributed by atoms with van der Waals surface area (Å²) in [6.45, 7) is 2.42. The second kappa shape index (κ2) is 9.11. The van der Waals surface area contributed by atoms with Crippen molar-refractivity contribution in [2.24, 2.45) is 5.73 Å². The molecule has 8 heteroatoms. The van der Waals surface area contributed by atoms with Gasteiger partial charge in [-0.2, -0.15) is 0 Å². The van der Waals surface area contributed by atoms with Gasteiger partial charge in [-0.25, -0.2) is 9.78 Å². The third-order valence-corrected chi connectivity index (χ3v) is 5.40. The van der Waals surface area contributed by atoms with E-state index in [1.807, 2.05) is 24.3 Å². The Bertz CT molecular complexity index is 1240. The van der Waals surface area contributed by atoms with Gasteiger partial charge in [0.2, 0.25) is 0 Å². The maximum atomic E-state index is 12.9. The van der Waals surface area contributed by atoms with Crippen molar-refractivity contribution < 1.29 is 23.5 Å². The number of fused-ring (bicyclic) bond motifs is 1. The zero-order chi connectivity index (χ0) is 21.8. The van der Waals surface area contributed by atoms with Gasteiger partial charge in [-0.05, 0) is 36.1 Å². The molecule has 2 N–H and O–H groups in total. The number of benzene rings is 1. The number of aromatic nitrogens is 1. The van der Waals surface area contributed by atoms with E-state index < -0.39 is 5.97 Å². The first-order chi connectivity index (χ1) is 15.1. The molecule has 0 unspecified atom stereocenters. The standard InChI is InChI=1S/C23H20N2O5S/c1-2-28-20(26)10-17-12-31-13-19(17)30-23(27)18-9-16-6-7-29-22(16)21(25-18)15-5-3-4-14(8-15)11-24/h3-9,12-13H,2,10-11,24H2,1H3. The van der Waals surface area contributed by atoms with Crippen molar-refractivity contribution >= 4 is 34.2 Å². The topological polar surface area (TPSA) is 105 Å². The number of ether oxygens (including phenoxy) is 2. The highest BCUT2D eigenvalue weighted by Crippen LogP contribution is 2.30. The first-order valence-electron chi connectivity index (χ1n) is 9.69. The van der Waals surface area contributed by atoms with E-state index in [1.54, 1.807) is 36.1 Å². The maximum Gasteiger partial charge on any atom is 0.362 e. The lowest BCUT2D eigenvalue weighted by molar-refractivity contribution is -0.142. The highest BCUT2D eigenvalue weighted by atomic mass is 32.1. The molecule has 0 saturated heterocycles. The minimum atomic E-state index is -0.622. The van der Waals surface area contributed by atoms with Gasteiger partial charge < -0.3 is 19.6 Å². The number of nitrogens with zero attached hydrogens (tertiary/aromatic N) is 1. The van der Waals surface area contributed by atoms with Gasteiger partial charge in [0.15, 0.2) is 5.58 Å². The molecular formula is C23H20N2O5S. The molecule has 0 spiro atoms. The molecule has 0 atom stereocenters. The molecule has 4 rings (SSSR count). The summed E-state index contributed by atoms with van der Waals surface area (Å²) in [6, 6.07) is 11.0. The first-order valence-corrected chi connectivity index (χ1v) is 10.6. The molecule has 0 fully saturated rings. The fraction of sp³-hybridized carbons (Fsp3) is 0.174. The predicted octanol–water partition coefficient (Wildman–Crippen LogP) is 4.34. The van der Waals surface area contributed by atoms with Crippen LogP contribution in [-0.2, 0) is 22.5 Å². The smallest absolute Gasteiger partial charge is 0.362 e. The lowest BCUT2D eigenvalue weighted by atomic mass is 10.1. The second-order valence-electron chi connectivity index (χ2n) is 6.73. The summed E-state index contributed by atoms with van der Waals surface area (Å²) in [6.07, 6.45) is 1.58. The molecular weight excluding hydrogens is 416 g/mol. The van der Waals surface area contributed by atoms with Crippen LogP contribution in [0.5, 0.6) is 5.75 Å². The normalized spacial score (nSPS) is 10.9. The molecule has 0 saturated carbocycles. The highest BCUT2D eigenvalue weighted by molar-refractivity contribution is 7.08. The summed E-state index contributed by atoms with van der Waals surface area (Å²) in [7, 11) is 0. The van der Waals surface area contributed by atoms with Gasteiger partial charge in [-0.3, -0.25) is 4.79 Å². The Labute approximate surface area is 182 Å². The molecule has 4 aromatic rings. The van der Waals surface area contributed by atoms with E-state index in [9.17, 15) is 9.59 Å². The van der Waals surface area contributed by atoms with Gasteiger partial charge in [0, 0.05) is 28.4 Å². The summed E-state index contributed by atoms with van der Waals surface area (Å²) in [5.41, 5.74) is 9.32. The Hall–Kier alpha value is -3.49. The molecule has 0 radical (unpaired) electrons. The number of carbonyl (C=O) groups excluding carboxylic acids is 2. The van der Waals surface area contributed by atoms with Gasteiger partial charge in [0.1, 0.15) is 17.1 Å². The van der Waals surface area contributed by atoms with Crippen LogP contribution in [0.25, 0.3) is 22.2 Å². The zero-order valence-corrected chi connectivity index (χ0v) is 17.6. The molecule has 158 valence electrons. The molecule has 31 heavy (non-hydrogen) atoms. The molecule has 0 bridgehead atoms. The van der Waals surface area contributed by atoms with Crippen LogP contribution < -0.4 is 10.5 Å². The Balaban J connectivity index is 1.66. The van der Waals surface area contributed by atoms with Crippen LogP contribution in [-0.4, -0.2) is 23.5 Å². The minimum absolute atomic E-state index is 0.0330. The molecule has 0 amide bonds. The fourth-order valence-corrected chi connectivity index (χ4v) is 3.93. The van der Waals surface area contributed by atoms with E-state index in [4.69, 9.17) is 19.6 Å². The first kappa shape index (κ1) is 20.8. The summed E-state index contributed by atoms with van der Waals surface area (Å²) in [5.74, 6) is -0.676. The van der Waals surface area contributed by atoms with Crippen molar-refractivity contribution in [3.8, 4) is 17.0 Å². The van der Waals surface area contributed by atoms with Crippen LogP contribution in [0.1, 0.15) is 28.5 Å². The molecule has 0 aliphatic heterocycles. The van der Waals surface area contributed by atoms with Crippen LogP contribution in [0.15, 0.2) is 57.8 Å². The fourth-order valence-electron chi connectivity index (χ4n) is 3.17. The highest BCUT2D eigenvalue weighted by Gasteiger charge is 2.20. The molecule has 0 aliphatic rings. The van der Waals surface area contributed by atoms with E-state index in [1.165, 1.54) is 11.3 Å². The summed E-state index contributed by atoms with van der Waals surface area (Å²) in [5, 5.41) is 4.16. The average Bonchev–Trinajstić information content (AvgIpc) is 3.42. The Morgan fingerprint density at radius 1 is 1.19 bits per heavy atom. The molecule has 3 heterocycles. The van der Waals surface area contributed by atoms with E-state index >= 15 is 0 Å². The van der Waals surface area contributed by atoms with Crippen molar-refractivity contribution in [2.75, 3.05) is 6.61 Å². The number of rotatable bonds is 7. The third kappa shape index (κ3) is 4.50. The largest absolute Gasteiger partial charge is 0.466 e. The van der Waals surface area contributed by atoms with Gasteiger partial charge in [-0.1, -0.05) is 18.2 Å². The van der Waals surface area contributed by atoms with Crippen molar-refractivity contribution in [1.82, 2.24) is 4.98 Å². The van der Waals surface area contributed by atoms with Gasteiger partial charge in [-0.15, -0.1) is 11.3 Å². The molecule has 3 aromatic heterocycles. The van der Waals surface area contributed by atoms with E-state index in [0.717, 1.165) is 16.5 Å². The predicted molar refractivity (Wildman–Crippen MR) is 117 cm³/mol. The van der Waals surface area contributed by atoms with Crippen molar-refractivity contribution in [3.05, 3.63) is 70.2 Å². The molecule has 1 aromatic carbocycles. The van der Waals surface area contributed by atoms with E-state index in [-0.39, 0.29) is 18.1 Å². The van der Waals surface area contributed by atoms with Crippen LogP contribution in [0, 0.1) is 0 Å². The number of nitrogens with two attached hydrogens (primary N) is 1. The number of esters is 2. The zero-order valence-electron chi connectivity index (χ0n) is 16.8. The van der Waals surface area contributed by atoms with Gasteiger partial charge in [0.25, 0.3) is 0 Å². The number of hydrogen-bond acceptors (Lipinski definition) is 8. The molecule has 7 nitrogen and oxygen atoms in total. The van der Waals surface area contributed by atoms with Gasteiger partial charge >= 0.3 is 11.9 Å². The van der Waals surface area contributed by atoms with Crippen LogP contribution in [0.4, 0.5) is 0 Å². The van der Waals surface area contributed by atoms with Crippen molar-refractivity contribution in [2.45, 2.75) is 19.9 Å². The number of hydrogen-bond donors (Lipinski definition) is 1. The lowest BCUT2D eigenvalue weighted by Crippen LogP contribution is -2.13. The Kier molecular flexibility index (Phi) is 6.11. The van der Waals surface area contributed by atoms with Crippen molar-refractivity contribution in [1.29, 1.82) is 0 Å². The summed E-state index contributed by atoms with van der Waals surface area (Å²) in [4.78, 5) is 29.2. The third-order valence-electron chi connectivity index (χ3n) is 4.63. The van der Waals surface area contributed by atoms with Crippen LogP contribution in [0.2, 0.25) is 0 Å². The number of thiophene rings is 1. The molecule has 0 aliphatic carbocycles. The van der Waals surface area contributed by atoms with Crippen LogP contribution in [0.3, 0.4) is 0 Å². The summed E-state index contributed by atoms with van der Waals surface area (Å²) < 4.78 is 16.1. The Morgan fingerprint density at radius 2 is 2.06 bits per heavy atom.